The predicted octanol–water partition coefficient (Wildman–Crippen LogP) is 2.34. The zero-order chi connectivity index (χ0) is 15.1. The minimum atomic E-state index is 0.302. The lowest BCUT2D eigenvalue weighted by Crippen LogP contribution is -2.34. The van der Waals surface area contributed by atoms with Gasteiger partial charge in [0.15, 0.2) is 0 Å². The molecule has 1 aliphatic rings. The maximum atomic E-state index is 9.22. The number of ether oxygens (including phenoxy) is 1. The molecule has 0 radical (unpaired) electrons. The molecule has 4 heteroatoms. The van der Waals surface area contributed by atoms with Crippen LogP contribution in [-0.4, -0.2) is 49.5 Å². The zero-order valence-corrected chi connectivity index (χ0v) is 13.2. The molecule has 118 valence electrons. The van der Waals surface area contributed by atoms with Crippen LogP contribution < -0.4 is 5.32 Å². The lowest BCUT2D eigenvalue weighted by atomic mass is 9.97. The van der Waals surface area contributed by atoms with Crippen LogP contribution in [0.4, 0.5) is 5.69 Å². The SMILES string of the molecule is COCC(C)Nc1ccccc1CN1CCC(CO)CC1. The topological polar surface area (TPSA) is 44.7 Å². The summed E-state index contributed by atoms with van der Waals surface area (Å²) in [5.41, 5.74) is 2.54. The highest BCUT2D eigenvalue weighted by Crippen LogP contribution is 2.22. The van der Waals surface area contributed by atoms with Gasteiger partial charge in [0.2, 0.25) is 0 Å². The summed E-state index contributed by atoms with van der Waals surface area (Å²) in [6.07, 6.45) is 2.21. The summed E-state index contributed by atoms with van der Waals surface area (Å²) in [5, 5.41) is 12.7. The Bertz CT molecular complexity index is 417. The van der Waals surface area contributed by atoms with Crippen molar-refractivity contribution in [1.29, 1.82) is 0 Å². The molecule has 1 fully saturated rings. The fraction of sp³-hybridized carbons (Fsp3) is 0.647. The number of para-hydroxylation sites is 1. The molecule has 2 N–H and O–H groups in total. The summed E-state index contributed by atoms with van der Waals surface area (Å²) in [6, 6.07) is 8.81. The van der Waals surface area contributed by atoms with E-state index in [-0.39, 0.29) is 0 Å². The second kappa shape index (κ2) is 8.37. The van der Waals surface area contributed by atoms with Gasteiger partial charge in [0, 0.05) is 32.0 Å². The summed E-state index contributed by atoms with van der Waals surface area (Å²) in [4.78, 5) is 2.48. The van der Waals surface area contributed by atoms with Crippen LogP contribution in [-0.2, 0) is 11.3 Å². The number of nitrogens with zero attached hydrogens (tertiary/aromatic N) is 1. The van der Waals surface area contributed by atoms with Crippen molar-refractivity contribution in [3.63, 3.8) is 0 Å². The van der Waals surface area contributed by atoms with Crippen molar-refractivity contribution >= 4 is 5.69 Å². The number of nitrogens with one attached hydrogen (secondary N) is 1. The molecule has 0 spiro atoms. The quantitative estimate of drug-likeness (QED) is 0.809. The maximum absolute atomic E-state index is 9.22. The average Bonchev–Trinajstić information content (AvgIpc) is 2.50. The van der Waals surface area contributed by atoms with E-state index in [4.69, 9.17) is 4.74 Å². The summed E-state index contributed by atoms with van der Waals surface area (Å²) in [5.74, 6) is 0.497. The van der Waals surface area contributed by atoms with Gasteiger partial charge in [0.25, 0.3) is 0 Å². The Hall–Kier alpha value is -1.10. The minimum Gasteiger partial charge on any atom is -0.396 e. The fourth-order valence-electron chi connectivity index (χ4n) is 2.92. The van der Waals surface area contributed by atoms with E-state index in [2.05, 4.69) is 41.4 Å². The molecule has 1 heterocycles. The first kappa shape index (κ1) is 16.3. The number of hydrogen-bond acceptors (Lipinski definition) is 4. The number of aliphatic hydroxyl groups excluding tert-OH is 1. The molecule has 4 nitrogen and oxygen atoms in total. The van der Waals surface area contributed by atoms with E-state index in [1.54, 1.807) is 7.11 Å². The molecule has 1 saturated heterocycles. The third-order valence-corrected chi connectivity index (χ3v) is 4.20. The third kappa shape index (κ3) is 4.99. The number of rotatable bonds is 7. The van der Waals surface area contributed by atoms with Crippen LogP contribution in [0.1, 0.15) is 25.3 Å². The third-order valence-electron chi connectivity index (χ3n) is 4.20. The number of anilines is 1. The molecule has 1 aromatic carbocycles. The number of likely N-dealkylation sites (tertiary alicyclic amines) is 1. The van der Waals surface area contributed by atoms with Gasteiger partial charge in [-0.25, -0.2) is 0 Å². The molecular weight excluding hydrogens is 264 g/mol. The first-order valence-corrected chi connectivity index (χ1v) is 7.89. The Kier molecular flexibility index (Phi) is 6.49. The van der Waals surface area contributed by atoms with Crippen molar-refractivity contribution in [3.8, 4) is 0 Å². The van der Waals surface area contributed by atoms with Gasteiger partial charge in [-0.3, -0.25) is 4.90 Å². The van der Waals surface area contributed by atoms with Gasteiger partial charge in [0.1, 0.15) is 0 Å². The van der Waals surface area contributed by atoms with Crippen molar-refractivity contribution in [3.05, 3.63) is 29.8 Å². The van der Waals surface area contributed by atoms with E-state index >= 15 is 0 Å². The van der Waals surface area contributed by atoms with Gasteiger partial charge in [-0.2, -0.15) is 0 Å². The van der Waals surface area contributed by atoms with E-state index in [9.17, 15) is 5.11 Å². The highest BCUT2D eigenvalue weighted by Gasteiger charge is 2.19. The molecule has 1 unspecified atom stereocenters. The van der Waals surface area contributed by atoms with Crippen LogP contribution in [0, 0.1) is 5.92 Å². The fourth-order valence-corrected chi connectivity index (χ4v) is 2.92. The average molecular weight is 292 g/mol. The normalized spacial score (nSPS) is 18.6. The predicted molar refractivity (Wildman–Crippen MR) is 86.5 cm³/mol. The smallest absolute Gasteiger partial charge is 0.0661 e. The van der Waals surface area contributed by atoms with Crippen LogP contribution in [0.3, 0.4) is 0 Å². The molecule has 2 rings (SSSR count). The van der Waals surface area contributed by atoms with Crippen molar-refractivity contribution in [2.24, 2.45) is 5.92 Å². The maximum Gasteiger partial charge on any atom is 0.0661 e. The minimum absolute atomic E-state index is 0.302. The second-order valence-corrected chi connectivity index (χ2v) is 6.06. The molecular formula is C17H28N2O2. The van der Waals surface area contributed by atoms with E-state index in [0.717, 1.165) is 32.5 Å². The Balaban J connectivity index is 1.93. The number of aliphatic hydroxyl groups is 1. The Morgan fingerprint density at radius 1 is 1.33 bits per heavy atom. The molecule has 1 aromatic rings. The monoisotopic (exact) mass is 292 g/mol. The molecule has 1 atom stereocenters. The number of piperidine rings is 1. The van der Waals surface area contributed by atoms with Crippen LogP contribution in [0.5, 0.6) is 0 Å². The summed E-state index contributed by atoms with van der Waals surface area (Å²) < 4.78 is 5.19. The largest absolute Gasteiger partial charge is 0.396 e. The lowest BCUT2D eigenvalue weighted by molar-refractivity contribution is 0.127. The highest BCUT2D eigenvalue weighted by atomic mass is 16.5. The molecule has 0 saturated carbocycles. The number of methoxy groups -OCH3 is 1. The molecule has 0 bridgehead atoms. The van der Waals surface area contributed by atoms with E-state index in [1.165, 1.54) is 11.3 Å². The van der Waals surface area contributed by atoms with Crippen molar-refractivity contribution in [1.82, 2.24) is 4.90 Å². The number of hydrogen-bond donors (Lipinski definition) is 2. The first-order chi connectivity index (χ1) is 10.2. The molecule has 21 heavy (non-hydrogen) atoms. The van der Waals surface area contributed by atoms with Gasteiger partial charge in [-0.05, 0) is 50.4 Å². The standard InChI is InChI=1S/C17H28N2O2/c1-14(13-21-2)18-17-6-4-3-5-16(17)11-19-9-7-15(12-20)8-10-19/h3-6,14-15,18,20H,7-13H2,1-2H3. The van der Waals surface area contributed by atoms with Gasteiger partial charge < -0.3 is 15.2 Å². The van der Waals surface area contributed by atoms with Crippen LogP contribution in [0.25, 0.3) is 0 Å². The van der Waals surface area contributed by atoms with Gasteiger partial charge in [0.05, 0.1) is 6.61 Å². The van der Waals surface area contributed by atoms with E-state index in [1.807, 2.05) is 0 Å². The molecule has 0 aliphatic carbocycles. The molecule has 1 aliphatic heterocycles. The summed E-state index contributed by atoms with van der Waals surface area (Å²) in [7, 11) is 1.73. The highest BCUT2D eigenvalue weighted by molar-refractivity contribution is 5.51. The molecule has 0 amide bonds. The van der Waals surface area contributed by atoms with Gasteiger partial charge in [-0.1, -0.05) is 18.2 Å². The van der Waals surface area contributed by atoms with Crippen LogP contribution >= 0.6 is 0 Å². The van der Waals surface area contributed by atoms with E-state index < -0.39 is 0 Å². The lowest BCUT2D eigenvalue weighted by Gasteiger charge is -2.31. The van der Waals surface area contributed by atoms with Gasteiger partial charge in [-0.15, -0.1) is 0 Å². The molecule has 0 aromatic heterocycles. The van der Waals surface area contributed by atoms with Gasteiger partial charge >= 0.3 is 0 Å². The Morgan fingerprint density at radius 2 is 2.05 bits per heavy atom. The zero-order valence-electron chi connectivity index (χ0n) is 13.2. The van der Waals surface area contributed by atoms with Crippen molar-refractivity contribution in [2.45, 2.75) is 32.4 Å². The second-order valence-electron chi connectivity index (χ2n) is 6.06. The van der Waals surface area contributed by atoms with Crippen molar-refractivity contribution < 1.29 is 9.84 Å². The number of benzene rings is 1. The van der Waals surface area contributed by atoms with Crippen LogP contribution in [0.15, 0.2) is 24.3 Å². The van der Waals surface area contributed by atoms with Crippen LogP contribution in [0.2, 0.25) is 0 Å². The first-order valence-electron chi connectivity index (χ1n) is 7.89. The Labute approximate surface area is 128 Å². The summed E-state index contributed by atoms with van der Waals surface area (Å²) >= 11 is 0. The Morgan fingerprint density at radius 3 is 2.71 bits per heavy atom. The van der Waals surface area contributed by atoms with E-state index in [0.29, 0.717) is 25.2 Å². The van der Waals surface area contributed by atoms with Crippen molar-refractivity contribution in [2.75, 3.05) is 38.7 Å². The summed E-state index contributed by atoms with van der Waals surface area (Å²) in [6.45, 7) is 6.30.